The second-order valence-corrected chi connectivity index (χ2v) is 6.77. The Morgan fingerprint density at radius 3 is 2.60 bits per heavy atom. The van der Waals surface area contributed by atoms with E-state index >= 15 is 0 Å². The van der Waals surface area contributed by atoms with Crippen molar-refractivity contribution in [2.45, 2.75) is 13.0 Å². The normalized spacial score (nSPS) is 11.8. The number of imidazole rings is 1. The number of hydrogen-bond donors (Lipinski definition) is 1. The predicted octanol–water partition coefficient (Wildman–Crippen LogP) is 4.70. The summed E-state index contributed by atoms with van der Waals surface area (Å²) in [6.45, 7) is 2.40. The zero-order chi connectivity index (χ0) is 20.9. The molecule has 2 aromatic carbocycles. The van der Waals surface area contributed by atoms with Gasteiger partial charge in [-0.25, -0.2) is 9.97 Å². The molecule has 2 heterocycles. The summed E-state index contributed by atoms with van der Waals surface area (Å²) in [4.78, 5) is 12.2. The Morgan fingerprint density at radius 1 is 1.07 bits per heavy atom. The molecule has 0 spiro atoms. The van der Waals surface area contributed by atoms with Crippen molar-refractivity contribution in [1.82, 2.24) is 15.0 Å². The molecule has 0 bridgehead atoms. The molecule has 0 saturated carbocycles. The monoisotopic (exact) mass is 400 g/mol. The molecule has 4 rings (SSSR count). The standard InChI is InChI=1S/C23H20N4O3/c1-15(14-28-2)29-19-10-17(22-26-21-4-3-9-25-23(21)27-22)11-20(12-19)30-18-7-5-16(13-24)6-8-18/h3-12,15H,14H2,1-2H3,(H,25,26,27)/t15-/m0/s1. The van der Waals surface area contributed by atoms with Crippen LogP contribution >= 0.6 is 0 Å². The molecule has 1 atom stereocenters. The summed E-state index contributed by atoms with van der Waals surface area (Å²) >= 11 is 0. The molecule has 0 aliphatic rings. The first-order valence-electron chi connectivity index (χ1n) is 9.44. The number of nitrogens with one attached hydrogen (secondary N) is 1. The topological polar surface area (TPSA) is 93.1 Å². The van der Waals surface area contributed by atoms with Gasteiger partial charge in [0.25, 0.3) is 0 Å². The van der Waals surface area contributed by atoms with Crippen molar-refractivity contribution >= 4 is 11.2 Å². The zero-order valence-electron chi connectivity index (χ0n) is 16.6. The average Bonchev–Trinajstić information content (AvgIpc) is 3.19. The van der Waals surface area contributed by atoms with E-state index in [2.05, 4.69) is 21.0 Å². The van der Waals surface area contributed by atoms with E-state index in [9.17, 15) is 0 Å². The fraction of sp³-hybridized carbons (Fsp3) is 0.174. The highest BCUT2D eigenvalue weighted by atomic mass is 16.5. The van der Waals surface area contributed by atoms with Crippen molar-refractivity contribution in [2.24, 2.45) is 0 Å². The van der Waals surface area contributed by atoms with Gasteiger partial charge in [-0.15, -0.1) is 0 Å². The molecule has 0 aliphatic heterocycles. The summed E-state index contributed by atoms with van der Waals surface area (Å²) in [6, 6.07) is 18.4. The van der Waals surface area contributed by atoms with Gasteiger partial charge in [0.1, 0.15) is 34.7 Å². The van der Waals surface area contributed by atoms with Gasteiger partial charge in [-0.2, -0.15) is 5.26 Å². The highest BCUT2D eigenvalue weighted by molar-refractivity contribution is 5.76. The van der Waals surface area contributed by atoms with Crippen LogP contribution in [0.25, 0.3) is 22.6 Å². The van der Waals surface area contributed by atoms with Gasteiger partial charge >= 0.3 is 0 Å². The third-order valence-electron chi connectivity index (χ3n) is 4.37. The Labute approximate surface area is 173 Å². The van der Waals surface area contributed by atoms with Gasteiger partial charge in [0.2, 0.25) is 0 Å². The minimum absolute atomic E-state index is 0.134. The van der Waals surface area contributed by atoms with Crippen molar-refractivity contribution in [1.29, 1.82) is 5.26 Å². The highest BCUT2D eigenvalue weighted by Crippen LogP contribution is 2.32. The lowest BCUT2D eigenvalue weighted by Gasteiger charge is -2.16. The van der Waals surface area contributed by atoms with Crippen LogP contribution in [0.3, 0.4) is 0 Å². The van der Waals surface area contributed by atoms with Gasteiger partial charge in [0.15, 0.2) is 5.65 Å². The molecule has 7 nitrogen and oxygen atoms in total. The van der Waals surface area contributed by atoms with Gasteiger partial charge in [-0.1, -0.05) is 0 Å². The number of ether oxygens (including phenoxy) is 3. The third-order valence-corrected chi connectivity index (χ3v) is 4.37. The fourth-order valence-corrected chi connectivity index (χ4v) is 3.05. The molecule has 0 unspecified atom stereocenters. The quantitative estimate of drug-likeness (QED) is 0.483. The first-order valence-corrected chi connectivity index (χ1v) is 9.44. The maximum Gasteiger partial charge on any atom is 0.157 e. The van der Waals surface area contributed by atoms with E-state index in [1.54, 1.807) is 37.6 Å². The lowest BCUT2D eigenvalue weighted by Crippen LogP contribution is -2.17. The van der Waals surface area contributed by atoms with E-state index in [1.165, 1.54) is 0 Å². The molecule has 0 aliphatic carbocycles. The molecule has 0 radical (unpaired) electrons. The van der Waals surface area contributed by atoms with Gasteiger partial charge in [0, 0.05) is 24.9 Å². The number of pyridine rings is 1. The summed E-state index contributed by atoms with van der Waals surface area (Å²) in [5, 5.41) is 8.97. The lowest BCUT2D eigenvalue weighted by molar-refractivity contribution is 0.0920. The molecule has 7 heteroatoms. The Bertz CT molecular complexity index is 1160. The minimum Gasteiger partial charge on any atom is -0.488 e. The van der Waals surface area contributed by atoms with E-state index in [4.69, 9.17) is 19.5 Å². The van der Waals surface area contributed by atoms with Crippen LogP contribution in [0.1, 0.15) is 12.5 Å². The average molecular weight is 400 g/mol. The van der Waals surface area contributed by atoms with E-state index in [-0.39, 0.29) is 6.10 Å². The van der Waals surface area contributed by atoms with Crippen LogP contribution in [-0.4, -0.2) is 34.8 Å². The Hall–Kier alpha value is -3.89. The molecule has 0 fully saturated rings. The Balaban J connectivity index is 1.70. The van der Waals surface area contributed by atoms with Gasteiger partial charge in [-0.05, 0) is 55.5 Å². The molecule has 0 amide bonds. The van der Waals surface area contributed by atoms with Crippen LogP contribution in [0.5, 0.6) is 17.2 Å². The van der Waals surface area contributed by atoms with Crippen molar-refractivity contribution < 1.29 is 14.2 Å². The van der Waals surface area contributed by atoms with Gasteiger partial charge in [-0.3, -0.25) is 0 Å². The second-order valence-electron chi connectivity index (χ2n) is 6.77. The first-order chi connectivity index (χ1) is 14.6. The number of aromatic amines is 1. The van der Waals surface area contributed by atoms with Gasteiger partial charge in [0.05, 0.1) is 18.2 Å². The zero-order valence-corrected chi connectivity index (χ0v) is 16.6. The minimum atomic E-state index is -0.134. The SMILES string of the molecule is COC[C@H](C)Oc1cc(Oc2ccc(C#N)cc2)cc(-c2nc3cccnc3[nH]2)c1. The van der Waals surface area contributed by atoms with Crippen molar-refractivity contribution in [3.8, 4) is 34.7 Å². The summed E-state index contributed by atoms with van der Waals surface area (Å²) in [6.07, 6.45) is 1.58. The summed E-state index contributed by atoms with van der Waals surface area (Å²) in [5.74, 6) is 2.51. The fourth-order valence-electron chi connectivity index (χ4n) is 3.05. The smallest absolute Gasteiger partial charge is 0.157 e. The number of aromatic nitrogens is 3. The molecule has 0 saturated heterocycles. The number of nitrogens with zero attached hydrogens (tertiary/aromatic N) is 3. The van der Waals surface area contributed by atoms with Gasteiger partial charge < -0.3 is 19.2 Å². The predicted molar refractivity (Wildman–Crippen MR) is 113 cm³/mol. The maximum absolute atomic E-state index is 8.97. The van der Waals surface area contributed by atoms with Crippen molar-refractivity contribution in [2.75, 3.05) is 13.7 Å². The number of benzene rings is 2. The summed E-state index contributed by atoms with van der Waals surface area (Å²) in [5.41, 5.74) is 2.87. The Morgan fingerprint density at radius 2 is 1.87 bits per heavy atom. The number of hydrogen-bond acceptors (Lipinski definition) is 6. The van der Waals surface area contributed by atoms with E-state index in [1.807, 2.05) is 37.3 Å². The number of fused-ring (bicyclic) bond motifs is 1. The number of H-pyrrole nitrogens is 1. The lowest BCUT2D eigenvalue weighted by atomic mass is 10.2. The Kier molecular flexibility index (Phi) is 5.59. The largest absolute Gasteiger partial charge is 0.488 e. The number of nitriles is 1. The van der Waals surface area contributed by atoms with Crippen LogP contribution < -0.4 is 9.47 Å². The van der Waals surface area contributed by atoms with E-state index in [0.717, 1.165) is 11.1 Å². The first kappa shape index (κ1) is 19.4. The second kappa shape index (κ2) is 8.64. The molecular weight excluding hydrogens is 380 g/mol. The van der Waals surface area contributed by atoms with Crippen LogP contribution in [0.4, 0.5) is 0 Å². The molecule has 150 valence electrons. The summed E-state index contributed by atoms with van der Waals surface area (Å²) < 4.78 is 17.2. The van der Waals surface area contributed by atoms with Crippen LogP contribution in [0, 0.1) is 11.3 Å². The van der Waals surface area contributed by atoms with E-state index in [0.29, 0.717) is 40.9 Å². The van der Waals surface area contributed by atoms with Crippen LogP contribution in [0.2, 0.25) is 0 Å². The van der Waals surface area contributed by atoms with Crippen molar-refractivity contribution in [3.63, 3.8) is 0 Å². The van der Waals surface area contributed by atoms with Crippen LogP contribution in [0.15, 0.2) is 60.8 Å². The molecule has 2 aromatic heterocycles. The van der Waals surface area contributed by atoms with Crippen molar-refractivity contribution in [3.05, 3.63) is 66.4 Å². The number of methoxy groups -OCH3 is 1. The molecule has 30 heavy (non-hydrogen) atoms. The molecule has 1 N–H and O–H groups in total. The summed E-state index contributed by atoms with van der Waals surface area (Å²) in [7, 11) is 1.64. The molecular formula is C23H20N4O3. The van der Waals surface area contributed by atoms with E-state index < -0.39 is 0 Å². The third kappa shape index (κ3) is 4.40. The molecule has 4 aromatic rings. The highest BCUT2D eigenvalue weighted by Gasteiger charge is 2.12. The number of rotatable bonds is 7. The maximum atomic E-state index is 8.97. The van der Waals surface area contributed by atoms with Crippen LogP contribution in [-0.2, 0) is 4.74 Å².